The summed E-state index contributed by atoms with van der Waals surface area (Å²) in [6.45, 7) is 11.5. The first-order valence-electron chi connectivity index (χ1n) is 16.6. The van der Waals surface area contributed by atoms with Gasteiger partial charge in [-0.15, -0.1) is 0 Å². The molecule has 42 heavy (non-hydrogen) atoms. The first-order valence-corrected chi connectivity index (χ1v) is 18.2. The molecule has 7 nitrogen and oxygen atoms in total. The topological polar surface area (TPSA) is 73.7 Å². The van der Waals surface area contributed by atoms with Gasteiger partial charge in [-0.2, -0.15) is 0 Å². The molecule has 3 saturated carbocycles. The van der Waals surface area contributed by atoms with Crippen molar-refractivity contribution in [2.45, 2.75) is 110 Å². The lowest BCUT2D eigenvalue weighted by Gasteiger charge is -2.57. The van der Waals surface area contributed by atoms with Crippen LogP contribution in [0.1, 0.15) is 97.7 Å². The Balaban J connectivity index is 1.34. The van der Waals surface area contributed by atoms with Gasteiger partial charge in [-0.25, -0.2) is 4.98 Å². The highest BCUT2D eigenvalue weighted by Crippen LogP contribution is 2.52. The van der Waals surface area contributed by atoms with Gasteiger partial charge in [-0.3, -0.25) is 14.3 Å². The Hall–Kier alpha value is -1.79. The van der Waals surface area contributed by atoms with Crippen molar-refractivity contribution in [3.63, 3.8) is 0 Å². The molecule has 0 amide bonds. The fourth-order valence-corrected chi connectivity index (χ4v) is 10.2. The molecule has 230 valence electrons. The van der Waals surface area contributed by atoms with Crippen molar-refractivity contribution in [1.82, 2.24) is 14.5 Å². The molecular weight excluding hydrogens is 545 g/mol. The number of para-hydroxylation sites is 2. The molecule has 5 aliphatic rings. The molecule has 2 aromatic rings. The molecule has 0 radical (unpaired) electrons. The number of aromatic nitrogens is 2. The van der Waals surface area contributed by atoms with Gasteiger partial charge in [0.1, 0.15) is 5.69 Å². The van der Waals surface area contributed by atoms with Gasteiger partial charge in [0, 0.05) is 30.0 Å². The normalized spacial score (nSPS) is 35.6. The quantitative estimate of drug-likeness (QED) is 0.289. The zero-order valence-electron chi connectivity index (χ0n) is 26.2. The van der Waals surface area contributed by atoms with Crippen molar-refractivity contribution in [2.75, 3.05) is 13.2 Å². The highest BCUT2D eigenvalue weighted by Gasteiger charge is 2.48. The second kappa shape index (κ2) is 12.3. The van der Waals surface area contributed by atoms with E-state index in [4.69, 9.17) is 14.0 Å². The first kappa shape index (κ1) is 30.2. The molecule has 8 heteroatoms. The van der Waals surface area contributed by atoms with Crippen LogP contribution in [-0.2, 0) is 13.6 Å². The number of fused-ring (bicyclic) bond motifs is 8. The molecule has 2 aliphatic heterocycles. The SMILES string of the molecule is CCOP(=O)(/C=C/c1nc2ccccc2n([C@@H]2CC3C(C)CC[C@H](C2)N3[C@@H]2CC3CC(C3)C(C)C(C)C2)c1=O)OCC. The van der Waals surface area contributed by atoms with Crippen LogP contribution in [0.25, 0.3) is 17.1 Å². The minimum atomic E-state index is -3.45. The Morgan fingerprint density at radius 3 is 2.38 bits per heavy atom. The Labute approximate surface area is 251 Å². The molecule has 4 bridgehead atoms. The van der Waals surface area contributed by atoms with E-state index in [9.17, 15) is 9.36 Å². The number of piperidine rings is 2. The van der Waals surface area contributed by atoms with E-state index < -0.39 is 7.60 Å². The zero-order chi connectivity index (χ0) is 29.6. The van der Waals surface area contributed by atoms with Crippen LogP contribution in [0.3, 0.4) is 0 Å². The van der Waals surface area contributed by atoms with Gasteiger partial charge >= 0.3 is 7.60 Å². The van der Waals surface area contributed by atoms with E-state index in [0.717, 1.165) is 47.5 Å². The number of benzene rings is 1. The lowest BCUT2D eigenvalue weighted by Crippen LogP contribution is -2.61. The first-order chi connectivity index (χ1) is 20.2. The van der Waals surface area contributed by atoms with E-state index in [1.54, 1.807) is 19.9 Å². The Morgan fingerprint density at radius 1 is 0.905 bits per heavy atom. The van der Waals surface area contributed by atoms with Crippen LogP contribution in [-0.4, -0.2) is 45.8 Å². The molecule has 1 aromatic carbocycles. The Bertz CT molecular complexity index is 1390. The summed E-state index contributed by atoms with van der Waals surface area (Å²) in [4.78, 5) is 21.8. The molecule has 2 saturated heterocycles. The van der Waals surface area contributed by atoms with E-state index in [2.05, 4.69) is 25.7 Å². The highest BCUT2D eigenvalue weighted by atomic mass is 31.2. The number of hydrogen-bond acceptors (Lipinski definition) is 6. The Morgan fingerprint density at radius 2 is 1.64 bits per heavy atom. The molecule has 0 N–H and O–H groups in total. The van der Waals surface area contributed by atoms with Gasteiger partial charge in [0.15, 0.2) is 0 Å². The maximum absolute atomic E-state index is 14.2. The van der Waals surface area contributed by atoms with Crippen LogP contribution in [0.2, 0.25) is 0 Å². The zero-order valence-corrected chi connectivity index (χ0v) is 27.0. The van der Waals surface area contributed by atoms with Crippen LogP contribution in [0, 0.1) is 29.6 Å². The average Bonchev–Trinajstić information content (AvgIpc) is 2.94. The molecule has 3 heterocycles. The second-order valence-electron chi connectivity index (χ2n) is 13.8. The van der Waals surface area contributed by atoms with Gasteiger partial charge in [0.05, 0.1) is 24.2 Å². The monoisotopic (exact) mass is 595 g/mol. The van der Waals surface area contributed by atoms with Crippen molar-refractivity contribution in [2.24, 2.45) is 29.6 Å². The van der Waals surface area contributed by atoms with Crippen molar-refractivity contribution >= 4 is 24.7 Å². The van der Waals surface area contributed by atoms with Crippen LogP contribution in [0.4, 0.5) is 0 Å². The van der Waals surface area contributed by atoms with E-state index in [1.165, 1.54) is 44.3 Å². The molecule has 0 spiro atoms. The van der Waals surface area contributed by atoms with Gasteiger partial charge in [0.2, 0.25) is 0 Å². The van der Waals surface area contributed by atoms with E-state index in [0.29, 0.717) is 24.0 Å². The van der Waals surface area contributed by atoms with Crippen molar-refractivity contribution in [3.05, 3.63) is 46.1 Å². The van der Waals surface area contributed by atoms with Crippen molar-refractivity contribution in [3.8, 4) is 0 Å². The standard InChI is InChI=1S/C34H50N3O4P/c1-6-40-42(39,41-7-2)15-14-31-34(38)37(32-11-9-8-10-30(32)35-31)29-20-27-13-12-22(3)33(21-29)36(27)28-16-23(4)24(5)26-17-25(18-26)19-28/h8-11,14-15,22-29,33H,6-7,12-13,16-21H2,1-5H3/b15-14+/t22?,23?,24?,25?,26?,27-,28+,29+,33?/m1/s1. The fraction of sp³-hybridized carbons (Fsp3) is 0.706. The van der Waals surface area contributed by atoms with Crippen LogP contribution >= 0.6 is 7.60 Å². The fourth-order valence-electron chi connectivity index (χ4n) is 8.95. The minimum absolute atomic E-state index is 0.107. The molecule has 5 fully saturated rings. The largest absolute Gasteiger partial charge is 0.354 e. The lowest BCUT2D eigenvalue weighted by molar-refractivity contribution is -0.0756. The summed E-state index contributed by atoms with van der Waals surface area (Å²) in [7, 11) is -3.45. The maximum atomic E-state index is 14.2. The van der Waals surface area contributed by atoms with Crippen LogP contribution < -0.4 is 5.56 Å². The van der Waals surface area contributed by atoms with E-state index >= 15 is 0 Å². The van der Waals surface area contributed by atoms with Gasteiger partial charge in [0.25, 0.3) is 5.56 Å². The smallest absolute Gasteiger partial charge is 0.306 e. The van der Waals surface area contributed by atoms with Gasteiger partial charge in [-0.05, 0) is 113 Å². The molecular formula is C34H50N3O4P. The Kier molecular flexibility index (Phi) is 8.86. The minimum Gasteiger partial charge on any atom is -0.306 e. The third-order valence-corrected chi connectivity index (χ3v) is 13.0. The van der Waals surface area contributed by atoms with Crippen molar-refractivity contribution in [1.29, 1.82) is 0 Å². The maximum Gasteiger partial charge on any atom is 0.354 e. The summed E-state index contributed by atoms with van der Waals surface area (Å²) in [5, 5.41) is 0. The predicted molar refractivity (Wildman–Crippen MR) is 170 cm³/mol. The summed E-state index contributed by atoms with van der Waals surface area (Å²) < 4.78 is 26.0. The molecule has 1 aromatic heterocycles. The van der Waals surface area contributed by atoms with E-state index in [-0.39, 0.29) is 30.5 Å². The summed E-state index contributed by atoms with van der Waals surface area (Å²) in [5.41, 5.74) is 1.83. The molecule has 3 aliphatic carbocycles. The number of hydrogen-bond donors (Lipinski definition) is 0. The average molecular weight is 596 g/mol. The van der Waals surface area contributed by atoms with Crippen LogP contribution in [0.5, 0.6) is 0 Å². The molecule has 7 atom stereocenters. The second-order valence-corrected chi connectivity index (χ2v) is 15.7. The number of rotatable bonds is 8. The predicted octanol–water partition coefficient (Wildman–Crippen LogP) is 7.90. The number of nitrogens with zero attached hydrogens (tertiary/aromatic N) is 3. The van der Waals surface area contributed by atoms with Gasteiger partial charge < -0.3 is 13.6 Å². The van der Waals surface area contributed by atoms with E-state index in [1.807, 2.05) is 28.8 Å². The van der Waals surface area contributed by atoms with Gasteiger partial charge in [-0.1, -0.05) is 32.9 Å². The summed E-state index contributed by atoms with van der Waals surface area (Å²) in [6.07, 6.45) is 11.5. The van der Waals surface area contributed by atoms with Crippen LogP contribution in [0.15, 0.2) is 34.9 Å². The summed E-state index contributed by atoms with van der Waals surface area (Å²) in [6, 6.07) is 9.70. The summed E-state index contributed by atoms with van der Waals surface area (Å²) >= 11 is 0. The lowest BCUT2D eigenvalue weighted by atomic mass is 9.60. The molecule has 4 unspecified atom stereocenters. The summed E-state index contributed by atoms with van der Waals surface area (Å²) in [5.74, 6) is 5.45. The van der Waals surface area contributed by atoms with Crippen molar-refractivity contribution < 1.29 is 13.6 Å². The third kappa shape index (κ3) is 5.72. The molecule has 7 rings (SSSR count). The third-order valence-electron chi connectivity index (χ3n) is 11.3. The highest BCUT2D eigenvalue weighted by molar-refractivity contribution is 7.57.